The third-order valence-electron chi connectivity index (χ3n) is 10.9. The molecule has 0 saturated carbocycles. The third kappa shape index (κ3) is 5.40. The van der Waals surface area contributed by atoms with Gasteiger partial charge in [-0.05, 0) is 105 Å². The molecule has 0 saturated heterocycles. The van der Waals surface area contributed by atoms with E-state index >= 15 is 0 Å². The maximum absolute atomic E-state index is 6.24. The summed E-state index contributed by atoms with van der Waals surface area (Å²) in [4.78, 5) is 2.41. The van der Waals surface area contributed by atoms with Crippen LogP contribution in [0.2, 0.25) is 0 Å². The summed E-state index contributed by atoms with van der Waals surface area (Å²) in [6.45, 7) is 0. The largest absolute Gasteiger partial charge is 0.456 e. The smallest absolute Gasteiger partial charge is 0.136 e. The number of nitrogens with zero attached hydrogens (tertiary/aromatic N) is 1. The molecule has 9 aromatic carbocycles. The highest BCUT2D eigenvalue weighted by atomic mass is 32.1. The Morgan fingerprint density at radius 3 is 1.82 bits per heavy atom. The van der Waals surface area contributed by atoms with Crippen molar-refractivity contribution >= 4 is 81.3 Å². The lowest BCUT2D eigenvalue weighted by atomic mass is 9.97. The number of para-hydroxylation sites is 1. The normalized spacial score (nSPS) is 11.6. The summed E-state index contributed by atoms with van der Waals surface area (Å²) in [5.74, 6) is 0. The van der Waals surface area contributed by atoms with Crippen LogP contribution >= 0.6 is 11.3 Å². The average Bonchev–Trinajstić information content (AvgIpc) is 3.83. The zero-order valence-corrected chi connectivity index (χ0v) is 30.6. The quantitative estimate of drug-likeness (QED) is 0.170. The van der Waals surface area contributed by atoms with Gasteiger partial charge in [-0.15, -0.1) is 11.3 Å². The second-order valence-electron chi connectivity index (χ2n) is 14.1. The highest BCUT2D eigenvalue weighted by Crippen LogP contribution is 2.46. The van der Waals surface area contributed by atoms with Crippen LogP contribution in [0.4, 0.5) is 17.1 Å². The second kappa shape index (κ2) is 12.9. The summed E-state index contributed by atoms with van der Waals surface area (Å²) < 4.78 is 8.80. The van der Waals surface area contributed by atoms with Crippen LogP contribution in [0.5, 0.6) is 0 Å². The van der Waals surface area contributed by atoms with Gasteiger partial charge in [0.2, 0.25) is 0 Å². The van der Waals surface area contributed by atoms with E-state index in [9.17, 15) is 0 Å². The lowest BCUT2D eigenvalue weighted by Crippen LogP contribution is -2.10. The average molecular weight is 720 g/mol. The van der Waals surface area contributed by atoms with Crippen molar-refractivity contribution in [1.29, 1.82) is 0 Å². The Balaban J connectivity index is 1.01. The Labute approximate surface area is 322 Å². The predicted octanol–water partition coefficient (Wildman–Crippen LogP) is 15.6. The number of fused-ring (bicyclic) bond motifs is 7. The molecule has 0 aliphatic carbocycles. The van der Waals surface area contributed by atoms with Crippen molar-refractivity contribution < 1.29 is 4.42 Å². The van der Waals surface area contributed by atoms with Crippen LogP contribution in [-0.2, 0) is 0 Å². The monoisotopic (exact) mass is 719 g/mol. The number of hydrogen-bond donors (Lipinski definition) is 0. The molecule has 0 atom stereocenters. The van der Waals surface area contributed by atoms with Crippen LogP contribution in [0.3, 0.4) is 0 Å². The SMILES string of the molecule is c1cc(-c2ccc(N(c3ccc(-c4cccc5oc6ccccc6c45)cc3)c3cccc4c3sc3ccccc34)cc2)cc(-c2ccc3ccccc3c2)c1. The molecule has 2 aromatic heterocycles. The fourth-order valence-electron chi connectivity index (χ4n) is 8.19. The van der Waals surface area contributed by atoms with E-state index in [0.717, 1.165) is 38.9 Å². The molecule has 0 aliphatic heterocycles. The van der Waals surface area contributed by atoms with Gasteiger partial charge in [0, 0.05) is 37.6 Å². The van der Waals surface area contributed by atoms with E-state index in [4.69, 9.17) is 4.42 Å². The van der Waals surface area contributed by atoms with E-state index in [1.54, 1.807) is 0 Å². The lowest BCUT2D eigenvalue weighted by molar-refractivity contribution is 0.669. The van der Waals surface area contributed by atoms with Gasteiger partial charge < -0.3 is 9.32 Å². The van der Waals surface area contributed by atoms with Crippen LogP contribution in [0.1, 0.15) is 0 Å². The molecule has 3 heteroatoms. The Morgan fingerprint density at radius 2 is 0.982 bits per heavy atom. The van der Waals surface area contributed by atoms with Gasteiger partial charge in [-0.25, -0.2) is 0 Å². The summed E-state index contributed by atoms with van der Waals surface area (Å²) in [6.07, 6.45) is 0. The zero-order valence-electron chi connectivity index (χ0n) is 29.8. The molecule has 11 aromatic rings. The summed E-state index contributed by atoms with van der Waals surface area (Å²) in [7, 11) is 0. The molecule has 258 valence electrons. The number of hydrogen-bond acceptors (Lipinski definition) is 3. The van der Waals surface area contributed by atoms with Crippen molar-refractivity contribution in [3.63, 3.8) is 0 Å². The van der Waals surface area contributed by atoms with E-state index in [-0.39, 0.29) is 0 Å². The van der Waals surface area contributed by atoms with E-state index in [1.165, 1.54) is 64.4 Å². The van der Waals surface area contributed by atoms with Gasteiger partial charge >= 0.3 is 0 Å². The van der Waals surface area contributed by atoms with E-state index in [2.05, 4.69) is 193 Å². The molecule has 55 heavy (non-hydrogen) atoms. The molecule has 0 amide bonds. The number of rotatable bonds is 6. The zero-order chi connectivity index (χ0) is 36.3. The first-order chi connectivity index (χ1) is 27.2. The Bertz CT molecular complexity index is 3210. The van der Waals surface area contributed by atoms with Gasteiger partial charge in [0.25, 0.3) is 0 Å². The van der Waals surface area contributed by atoms with Gasteiger partial charge in [-0.3, -0.25) is 0 Å². The molecule has 2 heterocycles. The predicted molar refractivity (Wildman–Crippen MR) is 235 cm³/mol. The minimum atomic E-state index is 0.906. The molecule has 2 nitrogen and oxygen atoms in total. The fourth-order valence-corrected chi connectivity index (χ4v) is 9.40. The maximum Gasteiger partial charge on any atom is 0.136 e. The van der Waals surface area contributed by atoms with Gasteiger partial charge in [0.05, 0.1) is 10.4 Å². The van der Waals surface area contributed by atoms with E-state index < -0.39 is 0 Å². The first kappa shape index (κ1) is 31.6. The molecule has 0 fully saturated rings. The summed E-state index contributed by atoms with van der Waals surface area (Å²) >= 11 is 1.86. The van der Waals surface area contributed by atoms with Crippen LogP contribution in [-0.4, -0.2) is 0 Å². The Kier molecular flexibility index (Phi) is 7.39. The molecule has 0 spiro atoms. The van der Waals surface area contributed by atoms with Crippen molar-refractivity contribution in [1.82, 2.24) is 0 Å². The molecule has 11 rings (SSSR count). The van der Waals surface area contributed by atoms with Crippen molar-refractivity contribution in [2.24, 2.45) is 0 Å². The first-order valence-corrected chi connectivity index (χ1v) is 19.5. The highest BCUT2D eigenvalue weighted by Gasteiger charge is 2.19. The van der Waals surface area contributed by atoms with Crippen LogP contribution in [0.15, 0.2) is 205 Å². The van der Waals surface area contributed by atoms with Gasteiger partial charge in [0.1, 0.15) is 11.2 Å². The summed E-state index contributed by atoms with van der Waals surface area (Å²) in [6, 6.07) is 72.2. The molecule has 0 N–H and O–H groups in total. The number of furan rings is 1. The van der Waals surface area contributed by atoms with Crippen LogP contribution < -0.4 is 4.90 Å². The molecule has 0 aliphatic rings. The lowest BCUT2D eigenvalue weighted by Gasteiger charge is -2.26. The van der Waals surface area contributed by atoms with E-state index in [1.807, 2.05) is 23.5 Å². The number of anilines is 3. The summed E-state index contributed by atoms with van der Waals surface area (Å²) in [5, 5.41) is 7.37. The standard InChI is InChI=1S/C52H33NOS/c1-2-11-37-33-40(23-22-34(37)10-1)39-13-7-12-38(32-39)35-24-28-41(29-25-35)53(47-18-8-17-45-44-14-4-6-21-50(44)55-52(45)47)42-30-26-36(27-31-42)43-16-9-20-49-51(43)46-15-3-5-19-48(46)54-49/h1-33H. The van der Waals surface area contributed by atoms with Crippen LogP contribution in [0, 0.1) is 0 Å². The van der Waals surface area contributed by atoms with Crippen molar-refractivity contribution in [2.75, 3.05) is 4.90 Å². The minimum Gasteiger partial charge on any atom is -0.456 e. The number of benzene rings is 9. The number of thiophene rings is 1. The van der Waals surface area contributed by atoms with Crippen molar-refractivity contribution in [2.45, 2.75) is 0 Å². The molecule has 0 bridgehead atoms. The van der Waals surface area contributed by atoms with Gasteiger partial charge in [-0.1, -0.05) is 140 Å². The summed E-state index contributed by atoms with van der Waals surface area (Å²) in [5.41, 5.74) is 12.3. The Hall–Kier alpha value is -6.94. The van der Waals surface area contributed by atoms with Crippen LogP contribution in [0.25, 0.3) is 86.3 Å². The van der Waals surface area contributed by atoms with Gasteiger partial charge in [-0.2, -0.15) is 0 Å². The Morgan fingerprint density at radius 1 is 0.382 bits per heavy atom. The first-order valence-electron chi connectivity index (χ1n) is 18.7. The maximum atomic E-state index is 6.24. The highest BCUT2D eigenvalue weighted by molar-refractivity contribution is 7.26. The molecular weight excluding hydrogens is 687 g/mol. The van der Waals surface area contributed by atoms with E-state index in [0.29, 0.717) is 0 Å². The van der Waals surface area contributed by atoms with Gasteiger partial charge in [0.15, 0.2) is 0 Å². The van der Waals surface area contributed by atoms with Crippen molar-refractivity contribution in [3.05, 3.63) is 200 Å². The molecule has 0 unspecified atom stereocenters. The second-order valence-corrected chi connectivity index (χ2v) is 15.2. The molecular formula is C52H33NOS. The third-order valence-corrected chi connectivity index (χ3v) is 12.1. The van der Waals surface area contributed by atoms with Crippen molar-refractivity contribution in [3.8, 4) is 33.4 Å². The molecule has 0 radical (unpaired) electrons. The fraction of sp³-hybridized carbons (Fsp3) is 0. The minimum absolute atomic E-state index is 0.906. The topological polar surface area (TPSA) is 16.4 Å².